The van der Waals surface area contributed by atoms with Crippen molar-refractivity contribution in [3.05, 3.63) is 41.7 Å². The Morgan fingerprint density at radius 1 is 1.16 bits per heavy atom. The molecule has 0 spiro atoms. The number of nitrogens with two attached hydrogens (primary N) is 1. The molecule has 1 saturated carbocycles. The van der Waals surface area contributed by atoms with Crippen LogP contribution in [0.3, 0.4) is 0 Å². The minimum atomic E-state index is -0.676. The number of halogens is 2. The molecule has 1 fully saturated rings. The van der Waals surface area contributed by atoms with Gasteiger partial charge in [0.05, 0.1) is 0 Å². The van der Waals surface area contributed by atoms with E-state index in [4.69, 9.17) is 5.73 Å². The lowest BCUT2D eigenvalue weighted by Crippen LogP contribution is -2.04. The maximum absolute atomic E-state index is 13.5. The first-order valence-electron chi connectivity index (χ1n) is 5.99. The monoisotopic (exact) mass is 262 g/mol. The van der Waals surface area contributed by atoms with Crippen molar-refractivity contribution in [3.63, 3.8) is 0 Å². The van der Waals surface area contributed by atoms with E-state index in [1.807, 2.05) is 0 Å². The third-order valence-electron chi connectivity index (χ3n) is 2.92. The van der Waals surface area contributed by atoms with Crippen LogP contribution < -0.4 is 11.1 Å². The number of nitrogen functional groups attached to an aromatic ring is 1. The van der Waals surface area contributed by atoms with Gasteiger partial charge in [0.2, 0.25) is 0 Å². The van der Waals surface area contributed by atoms with Crippen LogP contribution in [0.25, 0.3) is 0 Å². The Balaban J connectivity index is 1.94. The zero-order chi connectivity index (χ0) is 13.4. The first-order valence-corrected chi connectivity index (χ1v) is 5.99. The summed E-state index contributed by atoms with van der Waals surface area (Å²) in [6.07, 6.45) is 2.05. The summed E-state index contributed by atoms with van der Waals surface area (Å²) in [4.78, 5) is 8.36. The molecule has 1 aliphatic rings. The molecule has 0 radical (unpaired) electrons. The second kappa shape index (κ2) is 4.46. The predicted molar refractivity (Wildman–Crippen MR) is 68.1 cm³/mol. The molecule has 6 heteroatoms. The summed E-state index contributed by atoms with van der Waals surface area (Å²) in [6, 6.07) is 5.12. The van der Waals surface area contributed by atoms with Crippen molar-refractivity contribution in [2.45, 2.75) is 18.8 Å². The number of nitrogens with one attached hydrogen (secondary N) is 1. The van der Waals surface area contributed by atoms with Gasteiger partial charge in [0.15, 0.2) is 0 Å². The molecule has 1 aromatic carbocycles. The van der Waals surface area contributed by atoms with Crippen LogP contribution in [-0.2, 0) is 0 Å². The van der Waals surface area contributed by atoms with Crippen molar-refractivity contribution in [1.82, 2.24) is 9.97 Å². The van der Waals surface area contributed by atoms with Crippen LogP contribution in [0.15, 0.2) is 24.3 Å². The number of aromatic nitrogens is 2. The molecule has 1 aromatic heterocycles. The molecule has 1 aliphatic carbocycles. The number of benzene rings is 1. The third kappa shape index (κ3) is 2.47. The molecule has 3 N–H and O–H groups in total. The van der Waals surface area contributed by atoms with Gasteiger partial charge in [-0.2, -0.15) is 0 Å². The average Bonchev–Trinajstić information content (AvgIpc) is 3.17. The largest absolute Gasteiger partial charge is 0.384 e. The third-order valence-corrected chi connectivity index (χ3v) is 2.92. The normalized spacial score (nSPS) is 14.4. The summed E-state index contributed by atoms with van der Waals surface area (Å²) in [7, 11) is 0. The summed E-state index contributed by atoms with van der Waals surface area (Å²) in [6.45, 7) is 0. The van der Waals surface area contributed by atoms with Gasteiger partial charge in [-0.1, -0.05) is 6.07 Å². The summed E-state index contributed by atoms with van der Waals surface area (Å²) in [5, 5.41) is 2.62. The van der Waals surface area contributed by atoms with E-state index in [0.717, 1.165) is 12.8 Å². The highest BCUT2D eigenvalue weighted by atomic mass is 19.1. The quantitative estimate of drug-likeness (QED) is 0.892. The number of para-hydroxylation sites is 1. The van der Waals surface area contributed by atoms with Crippen LogP contribution in [0.2, 0.25) is 0 Å². The van der Waals surface area contributed by atoms with Gasteiger partial charge in [-0.3, -0.25) is 0 Å². The van der Waals surface area contributed by atoms with Gasteiger partial charge in [-0.25, -0.2) is 18.7 Å². The average molecular weight is 262 g/mol. The van der Waals surface area contributed by atoms with Crippen molar-refractivity contribution in [2.24, 2.45) is 0 Å². The Hall–Kier alpha value is -2.24. The first kappa shape index (κ1) is 11.8. The van der Waals surface area contributed by atoms with E-state index in [2.05, 4.69) is 15.3 Å². The molecule has 19 heavy (non-hydrogen) atoms. The number of nitrogens with zero attached hydrogens (tertiary/aromatic N) is 2. The summed E-state index contributed by atoms with van der Waals surface area (Å²) < 4.78 is 27.1. The van der Waals surface area contributed by atoms with Gasteiger partial charge in [0.25, 0.3) is 0 Å². The molecular weight excluding hydrogens is 250 g/mol. The lowest BCUT2D eigenvalue weighted by atomic mass is 10.3. The number of anilines is 3. The lowest BCUT2D eigenvalue weighted by Gasteiger charge is -2.09. The molecule has 98 valence electrons. The minimum absolute atomic E-state index is 0.234. The fourth-order valence-corrected chi connectivity index (χ4v) is 1.82. The van der Waals surface area contributed by atoms with Crippen molar-refractivity contribution in [1.29, 1.82) is 0 Å². The molecule has 0 aliphatic heterocycles. The topological polar surface area (TPSA) is 63.8 Å². The molecule has 0 unspecified atom stereocenters. The molecular formula is C13H12F2N4. The van der Waals surface area contributed by atoms with Crippen LogP contribution >= 0.6 is 0 Å². The summed E-state index contributed by atoms with van der Waals surface area (Å²) >= 11 is 0. The van der Waals surface area contributed by atoms with E-state index >= 15 is 0 Å². The van der Waals surface area contributed by atoms with Crippen LogP contribution in [0.5, 0.6) is 0 Å². The Bertz CT molecular complexity index is 606. The molecule has 4 nitrogen and oxygen atoms in total. The van der Waals surface area contributed by atoms with Gasteiger partial charge < -0.3 is 11.1 Å². The highest BCUT2D eigenvalue weighted by Gasteiger charge is 2.27. The Labute approximate surface area is 108 Å². The fraction of sp³-hybridized carbons (Fsp3) is 0.231. The highest BCUT2D eigenvalue weighted by molar-refractivity contribution is 5.59. The minimum Gasteiger partial charge on any atom is -0.384 e. The molecule has 0 saturated heterocycles. The van der Waals surface area contributed by atoms with Crippen LogP contribution in [-0.4, -0.2) is 9.97 Å². The zero-order valence-electron chi connectivity index (χ0n) is 10.0. The van der Waals surface area contributed by atoms with Crippen molar-refractivity contribution >= 4 is 17.3 Å². The second-order valence-corrected chi connectivity index (χ2v) is 4.53. The van der Waals surface area contributed by atoms with Crippen molar-refractivity contribution in [3.8, 4) is 0 Å². The van der Waals surface area contributed by atoms with Crippen molar-refractivity contribution in [2.75, 3.05) is 11.1 Å². The molecule has 1 heterocycles. The number of hydrogen-bond acceptors (Lipinski definition) is 4. The Morgan fingerprint density at radius 3 is 2.47 bits per heavy atom. The van der Waals surface area contributed by atoms with E-state index in [9.17, 15) is 8.78 Å². The van der Waals surface area contributed by atoms with Gasteiger partial charge in [-0.05, 0) is 25.0 Å². The van der Waals surface area contributed by atoms with Gasteiger partial charge in [-0.15, -0.1) is 0 Å². The standard InChI is InChI=1S/C13H12F2N4/c14-8-2-1-3-9(15)12(8)18-11-6-10(16)17-13(19-11)7-4-5-7/h1-3,6-7H,4-5H2,(H3,16,17,18,19). The SMILES string of the molecule is Nc1cc(Nc2c(F)cccc2F)nc(C2CC2)n1. The van der Waals surface area contributed by atoms with E-state index in [0.29, 0.717) is 17.6 Å². The molecule has 0 atom stereocenters. The Kier molecular flexibility index (Phi) is 2.77. The second-order valence-electron chi connectivity index (χ2n) is 4.53. The van der Waals surface area contributed by atoms with Gasteiger partial charge in [0, 0.05) is 12.0 Å². The van der Waals surface area contributed by atoms with E-state index < -0.39 is 11.6 Å². The lowest BCUT2D eigenvalue weighted by molar-refractivity contribution is 0.590. The molecule has 0 amide bonds. The van der Waals surface area contributed by atoms with E-state index in [-0.39, 0.29) is 11.5 Å². The van der Waals surface area contributed by atoms with Crippen LogP contribution in [0, 0.1) is 11.6 Å². The van der Waals surface area contributed by atoms with Crippen LogP contribution in [0.4, 0.5) is 26.1 Å². The zero-order valence-corrected chi connectivity index (χ0v) is 10.0. The fourth-order valence-electron chi connectivity index (χ4n) is 1.82. The van der Waals surface area contributed by atoms with Crippen LogP contribution in [0.1, 0.15) is 24.6 Å². The van der Waals surface area contributed by atoms with E-state index in [1.54, 1.807) is 0 Å². The first-order chi connectivity index (χ1) is 9.13. The van der Waals surface area contributed by atoms with E-state index in [1.165, 1.54) is 24.3 Å². The molecule has 2 aromatic rings. The number of rotatable bonds is 3. The van der Waals surface area contributed by atoms with Gasteiger partial charge >= 0.3 is 0 Å². The van der Waals surface area contributed by atoms with Gasteiger partial charge in [0.1, 0.15) is 34.8 Å². The summed E-state index contributed by atoms with van der Waals surface area (Å²) in [5.74, 6) is 0.179. The maximum atomic E-state index is 13.5. The smallest absolute Gasteiger partial charge is 0.149 e. The Morgan fingerprint density at radius 2 is 1.84 bits per heavy atom. The highest BCUT2D eigenvalue weighted by Crippen LogP contribution is 2.38. The predicted octanol–water partition coefficient (Wildman–Crippen LogP) is 2.96. The number of hydrogen-bond donors (Lipinski definition) is 2. The maximum Gasteiger partial charge on any atom is 0.149 e. The summed E-state index contributed by atoms with van der Waals surface area (Å²) in [5.41, 5.74) is 5.44. The molecule has 3 rings (SSSR count). The molecule has 0 bridgehead atoms. The van der Waals surface area contributed by atoms with Crippen molar-refractivity contribution < 1.29 is 8.78 Å².